The first-order valence-electron chi connectivity index (χ1n) is 6.06. The molecular weight excluding hydrogens is 324 g/mol. The number of aryl methyl sites for hydroxylation is 2. The second kappa shape index (κ2) is 4.61. The Balaban J connectivity index is 2.36. The molecule has 0 saturated carbocycles. The van der Waals surface area contributed by atoms with Crippen LogP contribution in [0.2, 0.25) is 0 Å². The molecule has 1 aromatic carbocycles. The number of nitrogens with one attached hydrogen (secondary N) is 1. The Morgan fingerprint density at radius 3 is 2.63 bits per heavy atom. The van der Waals surface area contributed by atoms with Crippen molar-refractivity contribution in [2.45, 2.75) is 20.4 Å². The molecule has 0 aliphatic rings. The van der Waals surface area contributed by atoms with Gasteiger partial charge in [0.05, 0.1) is 5.69 Å². The highest BCUT2D eigenvalue weighted by Gasteiger charge is 2.14. The maximum atomic E-state index is 5.44. The van der Waals surface area contributed by atoms with Gasteiger partial charge in [-0.1, -0.05) is 15.9 Å². The lowest BCUT2D eigenvalue weighted by molar-refractivity contribution is 0.662. The highest BCUT2D eigenvalue weighted by molar-refractivity contribution is 9.10. The number of hydrogen-bond donors (Lipinski definition) is 1. The number of fused-ring (bicyclic) bond motifs is 1. The highest BCUT2D eigenvalue weighted by Crippen LogP contribution is 2.23. The van der Waals surface area contributed by atoms with Crippen LogP contribution in [0.4, 0.5) is 0 Å². The number of aromatic amines is 1. The zero-order valence-corrected chi connectivity index (χ0v) is 13.0. The molecule has 2 heterocycles. The third kappa shape index (κ3) is 1.95. The largest absolute Gasteiger partial charge is 0.327 e. The fourth-order valence-electron chi connectivity index (χ4n) is 2.25. The fourth-order valence-corrected chi connectivity index (χ4v) is 2.81. The maximum absolute atomic E-state index is 5.44. The van der Waals surface area contributed by atoms with Crippen LogP contribution < -0.4 is 0 Å². The molecule has 19 heavy (non-hydrogen) atoms. The molecule has 1 N–H and O–H groups in total. The summed E-state index contributed by atoms with van der Waals surface area (Å²) < 4.78 is 5.74. The lowest BCUT2D eigenvalue weighted by Crippen LogP contribution is -2.03. The molecule has 4 nitrogen and oxygen atoms in total. The lowest BCUT2D eigenvalue weighted by Gasteiger charge is -2.06. The van der Waals surface area contributed by atoms with E-state index in [1.54, 1.807) is 0 Å². The molecule has 98 valence electrons. The van der Waals surface area contributed by atoms with Crippen LogP contribution in [-0.4, -0.2) is 19.3 Å². The van der Waals surface area contributed by atoms with Crippen LogP contribution in [0.5, 0.6) is 0 Å². The van der Waals surface area contributed by atoms with E-state index in [1.165, 1.54) is 0 Å². The average molecular weight is 337 g/mol. The molecular formula is C13H13BrN4S. The number of hydrogen-bond acceptors (Lipinski definition) is 2. The second-order valence-corrected chi connectivity index (χ2v) is 5.64. The Morgan fingerprint density at radius 2 is 2.00 bits per heavy atom. The first-order chi connectivity index (χ1) is 9.11. The van der Waals surface area contributed by atoms with E-state index in [2.05, 4.69) is 32.9 Å². The van der Waals surface area contributed by atoms with Gasteiger partial charge in [-0.15, -0.1) is 0 Å². The van der Waals surface area contributed by atoms with Gasteiger partial charge in [0.15, 0.2) is 10.4 Å². The van der Waals surface area contributed by atoms with E-state index in [4.69, 9.17) is 12.2 Å². The Kier molecular flexibility index (Phi) is 3.06. The third-order valence-electron chi connectivity index (χ3n) is 3.13. The van der Waals surface area contributed by atoms with Gasteiger partial charge >= 0.3 is 0 Å². The van der Waals surface area contributed by atoms with E-state index in [1.807, 2.05) is 40.4 Å². The Hall–Kier alpha value is -1.40. The number of benzene rings is 1. The first kappa shape index (κ1) is 12.6. The van der Waals surface area contributed by atoms with Crippen LogP contribution >= 0.6 is 28.1 Å². The molecule has 0 radical (unpaired) electrons. The molecule has 0 aliphatic heterocycles. The predicted octanol–water partition coefficient (Wildman–Crippen LogP) is 3.98. The van der Waals surface area contributed by atoms with Crippen LogP contribution in [0.3, 0.4) is 0 Å². The summed E-state index contributed by atoms with van der Waals surface area (Å²) in [4.78, 5) is 3.25. The molecule has 0 aliphatic carbocycles. The van der Waals surface area contributed by atoms with Crippen molar-refractivity contribution in [3.05, 3.63) is 39.2 Å². The van der Waals surface area contributed by atoms with Crippen molar-refractivity contribution >= 4 is 39.3 Å². The number of H-pyrrole nitrogens is 1. The molecule has 0 amide bonds. The molecule has 0 spiro atoms. The van der Waals surface area contributed by atoms with Gasteiger partial charge in [-0.3, -0.25) is 4.57 Å². The minimum absolute atomic E-state index is 0.694. The fraction of sp³-hybridized carbons (Fsp3) is 0.231. The van der Waals surface area contributed by atoms with Gasteiger partial charge in [-0.05, 0) is 50.3 Å². The van der Waals surface area contributed by atoms with Crippen molar-refractivity contribution in [3.63, 3.8) is 0 Å². The molecule has 0 fully saturated rings. The SMILES string of the molecule is CCn1nc(C)c2[nH]c(=S)n(-c3ccc(Br)cc3)c21. The van der Waals surface area contributed by atoms with Gasteiger partial charge in [-0.25, -0.2) is 4.68 Å². The van der Waals surface area contributed by atoms with E-state index in [0.717, 1.165) is 33.6 Å². The van der Waals surface area contributed by atoms with E-state index in [0.29, 0.717) is 4.77 Å². The Labute approximate surface area is 124 Å². The van der Waals surface area contributed by atoms with Gasteiger partial charge in [0.2, 0.25) is 0 Å². The monoisotopic (exact) mass is 336 g/mol. The van der Waals surface area contributed by atoms with Crippen molar-refractivity contribution in [2.75, 3.05) is 0 Å². The topological polar surface area (TPSA) is 38.5 Å². The molecule has 0 atom stereocenters. The summed E-state index contributed by atoms with van der Waals surface area (Å²) in [6, 6.07) is 8.09. The molecule has 0 saturated heterocycles. The average Bonchev–Trinajstić information content (AvgIpc) is 2.88. The number of rotatable bonds is 2. The van der Waals surface area contributed by atoms with Crippen molar-refractivity contribution in [1.29, 1.82) is 0 Å². The zero-order chi connectivity index (χ0) is 13.6. The minimum Gasteiger partial charge on any atom is -0.327 e. The van der Waals surface area contributed by atoms with Crippen LogP contribution in [-0.2, 0) is 6.54 Å². The third-order valence-corrected chi connectivity index (χ3v) is 3.95. The van der Waals surface area contributed by atoms with Crippen LogP contribution in [0.15, 0.2) is 28.7 Å². The summed E-state index contributed by atoms with van der Waals surface area (Å²) >= 11 is 8.89. The van der Waals surface area contributed by atoms with Gasteiger partial charge in [0.25, 0.3) is 0 Å². The molecule has 2 aromatic heterocycles. The lowest BCUT2D eigenvalue weighted by atomic mass is 10.3. The quantitative estimate of drug-likeness (QED) is 0.719. The summed E-state index contributed by atoms with van der Waals surface area (Å²) in [6.45, 7) is 4.88. The van der Waals surface area contributed by atoms with E-state index in [-0.39, 0.29) is 0 Å². The first-order valence-corrected chi connectivity index (χ1v) is 7.26. The molecule has 3 rings (SSSR count). The van der Waals surface area contributed by atoms with Gasteiger partial charge < -0.3 is 4.98 Å². The smallest absolute Gasteiger partial charge is 0.184 e. The summed E-state index contributed by atoms with van der Waals surface area (Å²) in [5.74, 6) is 0. The molecule has 3 aromatic rings. The van der Waals surface area contributed by atoms with Gasteiger partial charge in [0, 0.05) is 16.7 Å². The summed E-state index contributed by atoms with van der Waals surface area (Å²) in [6.07, 6.45) is 0. The van der Waals surface area contributed by atoms with Crippen LogP contribution in [0, 0.1) is 11.7 Å². The molecule has 0 bridgehead atoms. The number of halogens is 1. The van der Waals surface area contributed by atoms with Crippen LogP contribution in [0.25, 0.3) is 16.9 Å². The number of imidazole rings is 1. The highest BCUT2D eigenvalue weighted by atomic mass is 79.9. The van der Waals surface area contributed by atoms with Crippen molar-refractivity contribution in [1.82, 2.24) is 19.3 Å². The van der Waals surface area contributed by atoms with E-state index in [9.17, 15) is 0 Å². The van der Waals surface area contributed by atoms with Crippen molar-refractivity contribution in [3.8, 4) is 5.69 Å². The zero-order valence-electron chi connectivity index (χ0n) is 10.6. The number of nitrogens with zero attached hydrogens (tertiary/aromatic N) is 3. The predicted molar refractivity (Wildman–Crippen MR) is 82.4 cm³/mol. The summed E-state index contributed by atoms with van der Waals surface area (Å²) in [5, 5.41) is 4.52. The van der Waals surface area contributed by atoms with Crippen LogP contribution in [0.1, 0.15) is 12.6 Å². The standard InChI is InChI=1S/C13H13BrN4S/c1-3-17-12-11(8(2)16-17)15-13(19)18(12)10-6-4-9(14)5-7-10/h4-7H,3H2,1-2H3,(H,15,19). The van der Waals surface area contributed by atoms with Crippen molar-refractivity contribution < 1.29 is 0 Å². The van der Waals surface area contributed by atoms with E-state index >= 15 is 0 Å². The number of aromatic nitrogens is 4. The van der Waals surface area contributed by atoms with Crippen molar-refractivity contribution in [2.24, 2.45) is 0 Å². The van der Waals surface area contributed by atoms with Gasteiger partial charge in [0.1, 0.15) is 5.52 Å². The summed E-state index contributed by atoms with van der Waals surface area (Å²) in [7, 11) is 0. The van der Waals surface area contributed by atoms with E-state index < -0.39 is 0 Å². The summed E-state index contributed by atoms with van der Waals surface area (Å²) in [5.41, 5.74) is 4.04. The minimum atomic E-state index is 0.694. The van der Waals surface area contributed by atoms with Gasteiger partial charge in [-0.2, -0.15) is 5.10 Å². The normalized spacial score (nSPS) is 11.3. The Bertz CT molecular complexity index is 795. The Morgan fingerprint density at radius 1 is 1.32 bits per heavy atom. The molecule has 6 heteroatoms. The second-order valence-electron chi connectivity index (χ2n) is 4.34. The maximum Gasteiger partial charge on any atom is 0.184 e. The molecule has 0 unspecified atom stereocenters.